The van der Waals surface area contributed by atoms with Crippen LogP contribution in [0.1, 0.15) is 92.9 Å². The van der Waals surface area contributed by atoms with Crippen molar-refractivity contribution in [2.24, 2.45) is 5.92 Å². The van der Waals surface area contributed by atoms with Crippen LogP contribution in [0.3, 0.4) is 0 Å². The zero-order chi connectivity index (χ0) is 48.4. The average molecular weight is 943 g/mol. The molecular formula is C68H66N2S. The Balaban J connectivity index is 0.904. The smallest absolute Gasteiger partial charge is 0.0560 e. The minimum atomic E-state index is 0.179. The van der Waals surface area contributed by atoms with Crippen LogP contribution in [0.5, 0.6) is 0 Å². The lowest BCUT2D eigenvalue weighted by molar-refractivity contribution is 0.370. The van der Waals surface area contributed by atoms with Crippen molar-refractivity contribution in [1.82, 2.24) is 4.90 Å². The van der Waals surface area contributed by atoms with Crippen LogP contribution in [0.2, 0.25) is 0 Å². The van der Waals surface area contributed by atoms with Crippen LogP contribution in [-0.4, -0.2) is 10.9 Å². The van der Waals surface area contributed by atoms with Crippen LogP contribution < -0.4 is 4.90 Å². The molecule has 5 aliphatic rings. The molecule has 2 nitrogen and oxygen atoms in total. The first-order valence-corrected chi connectivity index (χ1v) is 26.7. The highest BCUT2D eigenvalue weighted by Crippen LogP contribution is 2.41. The van der Waals surface area contributed by atoms with Gasteiger partial charge in [-0.2, -0.15) is 0 Å². The van der Waals surface area contributed by atoms with Crippen LogP contribution >= 0.6 is 11.8 Å². The Kier molecular flexibility index (Phi) is 15.3. The molecule has 0 amide bonds. The summed E-state index contributed by atoms with van der Waals surface area (Å²) in [4.78, 5) is 7.42. The first-order valence-electron chi connectivity index (χ1n) is 25.9. The largest absolute Gasteiger partial charge is 0.334 e. The van der Waals surface area contributed by atoms with Gasteiger partial charge in [-0.15, -0.1) is 0 Å². The third-order valence-electron chi connectivity index (χ3n) is 14.5. The average Bonchev–Trinajstić information content (AvgIpc) is 3.73. The van der Waals surface area contributed by atoms with E-state index in [1.54, 1.807) is 11.8 Å². The van der Waals surface area contributed by atoms with E-state index in [2.05, 4.69) is 261 Å². The molecular weight excluding hydrogens is 877 g/mol. The Morgan fingerprint density at radius 1 is 0.577 bits per heavy atom. The Hall–Kier alpha value is -7.07. The van der Waals surface area contributed by atoms with E-state index < -0.39 is 0 Å². The van der Waals surface area contributed by atoms with Crippen LogP contribution in [0.4, 0.5) is 17.1 Å². The van der Waals surface area contributed by atoms with Crippen molar-refractivity contribution in [2.75, 3.05) is 4.90 Å². The van der Waals surface area contributed by atoms with Gasteiger partial charge in [0.15, 0.2) is 0 Å². The summed E-state index contributed by atoms with van der Waals surface area (Å²) < 4.78 is 0. The number of anilines is 3. The Labute approximate surface area is 428 Å². The molecule has 4 atom stereocenters. The minimum Gasteiger partial charge on any atom is -0.334 e. The summed E-state index contributed by atoms with van der Waals surface area (Å²) in [5.41, 5.74) is 16.5. The number of benzene rings is 5. The molecule has 5 aromatic carbocycles. The number of thioether (sulfide) groups is 1. The molecule has 354 valence electrons. The van der Waals surface area contributed by atoms with Gasteiger partial charge in [-0.3, -0.25) is 0 Å². The Morgan fingerprint density at radius 3 is 2.01 bits per heavy atom. The quantitative estimate of drug-likeness (QED) is 0.122. The van der Waals surface area contributed by atoms with Gasteiger partial charge in [0.05, 0.1) is 6.04 Å². The molecule has 0 bridgehead atoms. The second kappa shape index (κ2) is 22.8. The van der Waals surface area contributed by atoms with Gasteiger partial charge in [0.25, 0.3) is 0 Å². The molecule has 0 spiro atoms. The summed E-state index contributed by atoms with van der Waals surface area (Å²) in [6.45, 7) is 8.84. The summed E-state index contributed by atoms with van der Waals surface area (Å²) in [5, 5.41) is 0. The van der Waals surface area contributed by atoms with Gasteiger partial charge < -0.3 is 9.80 Å². The topological polar surface area (TPSA) is 6.48 Å². The van der Waals surface area contributed by atoms with Gasteiger partial charge in [-0.25, -0.2) is 0 Å². The summed E-state index contributed by atoms with van der Waals surface area (Å²) in [7, 11) is 0. The fraction of sp³-hybridized carbons (Fsp3) is 0.206. The first kappa shape index (κ1) is 47.6. The number of allylic oxidation sites excluding steroid dienone is 18. The zero-order valence-electron chi connectivity index (χ0n) is 41.4. The van der Waals surface area contributed by atoms with E-state index in [1.165, 1.54) is 60.8 Å². The third-order valence-corrected chi connectivity index (χ3v) is 15.5. The monoisotopic (exact) mass is 942 g/mol. The summed E-state index contributed by atoms with van der Waals surface area (Å²) in [5.74, 6) is 1.18. The van der Waals surface area contributed by atoms with Crippen molar-refractivity contribution < 1.29 is 0 Å². The lowest BCUT2D eigenvalue weighted by atomic mass is 9.87. The van der Waals surface area contributed by atoms with Crippen LogP contribution in [0.15, 0.2) is 264 Å². The number of hydrogen-bond donors (Lipinski definition) is 0. The van der Waals surface area contributed by atoms with Crippen molar-refractivity contribution >= 4 is 34.4 Å². The van der Waals surface area contributed by atoms with Crippen molar-refractivity contribution in [3.63, 3.8) is 0 Å². The number of nitrogens with zero attached hydrogens (tertiary/aromatic N) is 2. The second-order valence-electron chi connectivity index (χ2n) is 19.3. The number of rotatable bonds is 11. The predicted molar refractivity (Wildman–Crippen MR) is 306 cm³/mol. The maximum Gasteiger partial charge on any atom is 0.0560 e. The van der Waals surface area contributed by atoms with Gasteiger partial charge in [-0.1, -0.05) is 201 Å². The number of fused-ring (bicyclic) bond motifs is 1. The number of aryl methyl sites for hydroxylation is 1. The molecule has 0 radical (unpaired) electrons. The normalized spacial score (nSPS) is 21.1. The SMILES string of the molecule is C=C1C=CCC=CCCc2cc(C3C=CC(N(C4=C(C=CC)C(C)CC=C4)C4C=CC(c5ccc(N(c6ccc(-c7ccccc7)cc6)c6ccc(C7C=CCC=CC7)cc6)cc5)=CC4)=CC3)ccc2S1. The van der Waals surface area contributed by atoms with Gasteiger partial charge in [0.1, 0.15) is 0 Å². The maximum absolute atomic E-state index is 4.33. The molecule has 4 unspecified atom stereocenters. The van der Waals surface area contributed by atoms with Gasteiger partial charge in [0, 0.05) is 50.1 Å². The van der Waals surface area contributed by atoms with Crippen LogP contribution in [-0.2, 0) is 6.42 Å². The minimum absolute atomic E-state index is 0.179. The molecule has 3 heteroatoms. The van der Waals surface area contributed by atoms with E-state index in [-0.39, 0.29) is 6.04 Å². The molecule has 0 saturated carbocycles. The van der Waals surface area contributed by atoms with E-state index in [9.17, 15) is 0 Å². The maximum atomic E-state index is 4.33. The lowest BCUT2D eigenvalue weighted by Crippen LogP contribution is -2.34. The molecule has 1 heterocycles. The van der Waals surface area contributed by atoms with Gasteiger partial charge >= 0.3 is 0 Å². The van der Waals surface area contributed by atoms with Crippen molar-refractivity contribution in [3.05, 3.63) is 281 Å². The van der Waals surface area contributed by atoms with Crippen LogP contribution in [0, 0.1) is 5.92 Å². The van der Waals surface area contributed by atoms with E-state index >= 15 is 0 Å². The zero-order valence-corrected chi connectivity index (χ0v) is 42.2. The predicted octanol–water partition coefficient (Wildman–Crippen LogP) is 18.9. The summed E-state index contributed by atoms with van der Waals surface area (Å²) in [6.07, 6.45) is 50.1. The standard InChI is InChI=1S/C68H66N2S/c1-4-18-66-50(2)19-17-26-67(66)70(65-46-35-58(36-47-65)59-37-48-68-60(49-59)25-14-7-5-6-11-20-51(3)71-68)64-44-33-57(34-45-64)56-31-42-63(43-32-56)69(62-40-29-55(30-41-62)53-23-15-10-16-24-53)61-38-27-54(28-39-61)52-21-12-8-9-13-22-52/h4-5,7-8,10-13,15-18,20,22-24,26-35,37-44,46-50,52,58,64H,3,6,9,14,19,21,25,36,45H2,1-2H3. The van der Waals surface area contributed by atoms with E-state index in [1.807, 2.05) is 0 Å². The van der Waals surface area contributed by atoms with Crippen molar-refractivity contribution in [2.45, 2.75) is 88.0 Å². The van der Waals surface area contributed by atoms with E-state index in [4.69, 9.17) is 0 Å². The Morgan fingerprint density at radius 2 is 1.28 bits per heavy atom. The van der Waals surface area contributed by atoms with Gasteiger partial charge in [-0.05, 0) is 163 Å². The van der Waals surface area contributed by atoms with Crippen molar-refractivity contribution in [3.8, 4) is 11.1 Å². The molecule has 5 aromatic rings. The fourth-order valence-electron chi connectivity index (χ4n) is 10.6. The molecule has 71 heavy (non-hydrogen) atoms. The molecule has 0 N–H and O–H groups in total. The highest BCUT2D eigenvalue weighted by atomic mass is 32.2. The molecule has 0 saturated heterocycles. The highest BCUT2D eigenvalue weighted by molar-refractivity contribution is 8.03. The fourth-order valence-corrected chi connectivity index (χ4v) is 11.5. The molecule has 1 aliphatic heterocycles. The van der Waals surface area contributed by atoms with Gasteiger partial charge in [0.2, 0.25) is 0 Å². The third kappa shape index (κ3) is 11.3. The molecule has 10 rings (SSSR count). The van der Waals surface area contributed by atoms with E-state index in [0.717, 1.165) is 73.3 Å². The summed E-state index contributed by atoms with van der Waals surface area (Å²) in [6, 6.07) is 45.3. The van der Waals surface area contributed by atoms with E-state index in [0.29, 0.717) is 17.8 Å². The molecule has 4 aliphatic carbocycles. The second-order valence-corrected chi connectivity index (χ2v) is 20.5. The highest BCUT2D eigenvalue weighted by Gasteiger charge is 2.28. The molecule has 0 aromatic heterocycles. The first-order chi connectivity index (χ1) is 35.0. The number of hydrogen-bond acceptors (Lipinski definition) is 3. The Bertz CT molecular complexity index is 3040. The molecule has 0 fully saturated rings. The summed E-state index contributed by atoms with van der Waals surface area (Å²) >= 11 is 1.80. The van der Waals surface area contributed by atoms with Crippen molar-refractivity contribution in [1.29, 1.82) is 0 Å². The van der Waals surface area contributed by atoms with Crippen LogP contribution in [0.25, 0.3) is 16.7 Å². The lowest BCUT2D eigenvalue weighted by Gasteiger charge is -2.39.